The summed E-state index contributed by atoms with van der Waals surface area (Å²) >= 11 is 0. The molecule has 4 aromatic carbocycles. The van der Waals surface area contributed by atoms with Gasteiger partial charge in [-0.1, -0.05) is 66.7 Å². The predicted octanol–water partition coefficient (Wildman–Crippen LogP) is 5.93. The van der Waals surface area contributed by atoms with Crippen LogP contribution in [0.2, 0.25) is 0 Å². The van der Waals surface area contributed by atoms with Crippen LogP contribution in [-0.2, 0) is 22.2 Å². The van der Waals surface area contributed by atoms with Crippen LogP contribution in [0.25, 0.3) is 11.0 Å². The highest BCUT2D eigenvalue weighted by Gasteiger charge is 2.20. The highest BCUT2D eigenvalue weighted by Crippen LogP contribution is 2.27. The molecule has 1 heterocycles. The number of nitrogens with zero attached hydrogens (tertiary/aromatic N) is 2. The third-order valence-electron chi connectivity index (χ3n) is 5.42. The van der Waals surface area contributed by atoms with Crippen molar-refractivity contribution in [2.75, 3.05) is 5.32 Å². The van der Waals surface area contributed by atoms with Crippen LogP contribution in [0.3, 0.4) is 0 Å². The standard InChI is InChI=1S/C28H23N3O3S/c32-35(33,24-14-5-2-6-15-24)20-27-28(31-26-17-8-7-16-25(26)30-27)29-22-12-9-13-23(18-22)34-19-21-10-3-1-4-11-21/h1-18H,19-20H2,(H,29,31). The fourth-order valence-corrected chi connectivity index (χ4v) is 4.97. The van der Waals surface area contributed by atoms with Gasteiger partial charge in [0.15, 0.2) is 15.7 Å². The second-order valence-electron chi connectivity index (χ2n) is 8.01. The molecule has 0 saturated carbocycles. The lowest BCUT2D eigenvalue weighted by molar-refractivity contribution is 0.306. The molecule has 6 nitrogen and oxygen atoms in total. The molecule has 174 valence electrons. The molecule has 0 aliphatic heterocycles. The summed E-state index contributed by atoms with van der Waals surface area (Å²) in [6.07, 6.45) is 0. The Hall–Kier alpha value is -4.23. The number of benzene rings is 4. The Kier molecular flexibility index (Phi) is 6.41. The maximum absolute atomic E-state index is 13.1. The second kappa shape index (κ2) is 9.95. The van der Waals surface area contributed by atoms with Gasteiger partial charge >= 0.3 is 0 Å². The third-order valence-corrected chi connectivity index (χ3v) is 7.06. The second-order valence-corrected chi connectivity index (χ2v) is 10.00. The van der Waals surface area contributed by atoms with E-state index >= 15 is 0 Å². The van der Waals surface area contributed by atoms with E-state index in [1.165, 1.54) is 0 Å². The molecule has 1 aromatic heterocycles. The minimum atomic E-state index is -3.61. The van der Waals surface area contributed by atoms with Gasteiger partial charge < -0.3 is 10.1 Å². The minimum absolute atomic E-state index is 0.247. The molecular formula is C28H23N3O3S. The molecule has 1 N–H and O–H groups in total. The van der Waals surface area contributed by atoms with Gasteiger partial charge in [0.1, 0.15) is 18.1 Å². The topological polar surface area (TPSA) is 81.2 Å². The first-order valence-corrected chi connectivity index (χ1v) is 12.8. The van der Waals surface area contributed by atoms with Crippen LogP contribution in [-0.4, -0.2) is 18.4 Å². The molecule has 35 heavy (non-hydrogen) atoms. The van der Waals surface area contributed by atoms with Crippen molar-refractivity contribution in [3.05, 3.63) is 120 Å². The quantitative estimate of drug-likeness (QED) is 0.296. The van der Waals surface area contributed by atoms with Crippen molar-refractivity contribution < 1.29 is 13.2 Å². The van der Waals surface area contributed by atoms with Crippen LogP contribution in [0, 0.1) is 0 Å². The Bertz CT molecular complexity index is 1560. The van der Waals surface area contributed by atoms with E-state index in [1.807, 2.05) is 78.9 Å². The fraction of sp³-hybridized carbons (Fsp3) is 0.0714. The molecule has 0 aliphatic rings. The van der Waals surface area contributed by atoms with Gasteiger partial charge in [-0.05, 0) is 42.0 Å². The molecule has 0 amide bonds. The number of ether oxygens (including phenoxy) is 1. The van der Waals surface area contributed by atoms with Crippen molar-refractivity contribution >= 4 is 32.4 Å². The summed E-state index contributed by atoms with van der Waals surface area (Å²) in [5, 5.41) is 3.26. The Morgan fingerprint density at radius 2 is 1.37 bits per heavy atom. The average molecular weight is 482 g/mol. The van der Waals surface area contributed by atoms with E-state index in [-0.39, 0.29) is 10.6 Å². The Balaban J connectivity index is 1.45. The number of nitrogens with one attached hydrogen (secondary N) is 1. The summed E-state index contributed by atoms with van der Waals surface area (Å²) in [7, 11) is -3.61. The van der Waals surface area contributed by atoms with E-state index in [2.05, 4.69) is 10.3 Å². The van der Waals surface area contributed by atoms with E-state index in [9.17, 15) is 8.42 Å². The maximum Gasteiger partial charge on any atom is 0.184 e. The molecule has 0 spiro atoms. The molecule has 5 aromatic rings. The number of anilines is 2. The molecule has 0 aliphatic carbocycles. The van der Waals surface area contributed by atoms with Crippen LogP contribution in [0.4, 0.5) is 11.5 Å². The third kappa shape index (κ3) is 5.47. The SMILES string of the molecule is O=S(=O)(Cc1nc2ccccc2nc1Nc1cccc(OCc2ccccc2)c1)c1ccccc1. The highest BCUT2D eigenvalue weighted by atomic mass is 32.2. The number of para-hydroxylation sites is 2. The van der Waals surface area contributed by atoms with E-state index in [0.29, 0.717) is 34.9 Å². The lowest BCUT2D eigenvalue weighted by atomic mass is 10.2. The summed E-state index contributed by atoms with van der Waals surface area (Å²) in [6.45, 7) is 0.445. The number of hydrogen-bond acceptors (Lipinski definition) is 6. The van der Waals surface area contributed by atoms with Gasteiger partial charge in [-0.2, -0.15) is 0 Å². The van der Waals surface area contributed by atoms with Crippen LogP contribution in [0.5, 0.6) is 5.75 Å². The Morgan fingerprint density at radius 1 is 0.714 bits per heavy atom. The molecule has 0 fully saturated rings. The molecule has 0 bridgehead atoms. The molecular weight excluding hydrogens is 458 g/mol. The zero-order chi connectivity index (χ0) is 24.1. The molecule has 5 rings (SSSR count). The number of hydrogen-bond donors (Lipinski definition) is 1. The first-order chi connectivity index (χ1) is 17.1. The molecule has 0 radical (unpaired) electrons. The Labute approximate surface area is 204 Å². The summed E-state index contributed by atoms with van der Waals surface area (Å²) in [5.74, 6) is 0.802. The molecule has 0 unspecified atom stereocenters. The van der Waals surface area contributed by atoms with Gasteiger partial charge in [-0.25, -0.2) is 18.4 Å². The Morgan fingerprint density at radius 3 is 2.11 bits per heavy atom. The zero-order valence-corrected chi connectivity index (χ0v) is 19.7. The fourth-order valence-electron chi connectivity index (χ4n) is 3.67. The number of fused-ring (bicyclic) bond motifs is 1. The first-order valence-electron chi connectivity index (χ1n) is 11.1. The van der Waals surface area contributed by atoms with Gasteiger partial charge in [-0.15, -0.1) is 0 Å². The van der Waals surface area contributed by atoms with Gasteiger partial charge in [0.25, 0.3) is 0 Å². The van der Waals surface area contributed by atoms with E-state index in [0.717, 1.165) is 11.3 Å². The van der Waals surface area contributed by atoms with Crippen molar-refractivity contribution in [2.45, 2.75) is 17.3 Å². The van der Waals surface area contributed by atoms with Gasteiger partial charge in [-0.3, -0.25) is 0 Å². The summed E-state index contributed by atoms with van der Waals surface area (Å²) in [6, 6.07) is 33.2. The summed E-state index contributed by atoms with van der Waals surface area (Å²) in [4.78, 5) is 9.59. The van der Waals surface area contributed by atoms with Crippen molar-refractivity contribution in [2.24, 2.45) is 0 Å². The van der Waals surface area contributed by atoms with Crippen LogP contribution in [0.15, 0.2) is 114 Å². The smallest absolute Gasteiger partial charge is 0.184 e. The van der Waals surface area contributed by atoms with E-state index in [4.69, 9.17) is 9.72 Å². The zero-order valence-electron chi connectivity index (χ0n) is 18.8. The van der Waals surface area contributed by atoms with Crippen LogP contribution in [0.1, 0.15) is 11.3 Å². The van der Waals surface area contributed by atoms with Gasteiger partial charge in [0, 0.05) is 11.8 Å². The van der Waals surface area contributed by atoms with Gasteiger partial charge in [0.05, 0.1) is 21.6 Å². The van der Waals surface area contributed by atoms with Crippen LogP contribution < -0.4 is 10.1 Å². The maximum atomic E-state index is 13.1. The largest absolute Gasteiger partial charge is 0.489 e. The van der Waals surface area contributed by atoms with Crippen molar-refractivity contribution in [3.8, 4) is 5.75 Å². The lowest BCUT2D eigenvalue weighted by Crippen LogP contribution is -2.10. The van der Waals surface area contributed by atoms with Crippen molar-refractivity contribution in [1.29, 1.82) is 0 Å². The van der Waals surface area contributed by atoms with E-state index in [1.54, 1.807) is 30.3 Å². The molecule has 7 heteroatoms. The average Bonchev–Trinajstić information content (AvgIpc) is 2.89. The number of sulfone groups is 1. The molecule has 0 atom stereocenters. The van der Waals surface area contributed by atoms with Crippen molar-refractivity contribution in [1.82, 2.24) is 9.97 Å². The summed E-state index contributed by atoms with van der Waals surface area (Å²) in [5.41, 5.74) is 3.45. The summed E-state index contributed by atoms with van der Waals surface area (Å²) < 4.78 is 32.1. The van der Waals surface area contributed by atoms with E-state index < -0.39 is 9.84 Å². The van der Waals surface area contributed by atoms with Crippen molar-refractivity contribution in [3.63, 3.8) is 0 Å². The number of rotatable bonds is 8. The van der Waals surface area contributed by atoms with Gasteiger partial charge in [0.2, 0.25) is 0 Å². The van der Waals surface area contributed by atoms with Crippen LogP contribution >= 0.6 is 0 Å². The normalized spacial score (nSPS) is 11.3. The predicted molar refractivity (Wildman–Crippen MR) is 137 cm³/mol. The first kappa shape index (κ1) is 22.6. The molecule has 0 saturated heterocycles. The highest BCUT2D eigenvalue weighted by molar-refractivity contribution is 7.90. The lowest BCUT2D eigenvalue weighted by Gasteiger charge is -2.14. The number of aromatic nitrogens is 2. The minimum Gasteiger partial charge on any atom is -0.489 e. The monoisotopic (exact) mass is 481 g/mol.